The summed E-state index contributed by atoms with van der Waals surface area (Å²) >= 11 is 6.17. The Hall–Kier alpha value is -3.71. The van der Waals surface area contributed by atoms with Gasteiger partial charge in [-0.3, -0.25) is 14.5 Å². The third-order valence-corrected chi connectivity index (χ3v) is 5.05. The van der Waals surface area contributed by atoms with E-state index < -0.39 is 17.7 Å². The summed E-state index contributed by atoms with van der Waals surface area (Å²) in [4.78, 5) is 35.4. The van der Waals surface area contributed by atoms with E-state index in [1.807, 2.05) is 6.92 Å². The van der Waals surface area contributed by atoms with Gasteiger partial charge in [0.1, 0.15) is 11.5 Å². The van der Waals surface area contributed by atoms with Crippen molar-refractivity contribution in [3.05, 3.63) is 88.7 Å². The van der Waals surface area contributed by atoms with Crippen molar-refractivity contribution in [1.82, 2.24) is 9.97 Å². The van der Waals surface area contributed by atoms with E-state index >= 15 is 0 Å². The summed E-state index contributed by atoms with van der Waals surface area (Å²) in [5.41, 5.74) is 0.859. The molecule has 1 fully saturated rings. The lowest BCUT2D eigenvalue weighted by atomic mass is 9.95. The van der Waals surface area contributed by atoms with Gasteiger partial charge in [0.2, 0.25) is 5.95 Å². The molecular weight excluding hydrogens is 418 g/mol. The molecule has 31 heavy (non-hydrogen) atoms. The number of ketones is 1. The van der Waals surface area contributed by atoms with Crippen molar-refractivity contribution in [3.8, 4) is 5.75 Å². The third kappa shape index (κ3) is 3.87. The second-order valence-corrected chi connectivity index (χ2v) is 7.17. The van der Waals surface area contributed by atoms with Crippen LogP contribution in [0.4, 0.5) is 5.95 Å². The Balaban J connectivity index is 1.89. The largest absolute Gasteiger partial charge is 0.507 e. The highest BCUT2D eigenvalue weighted by atomic mass is 35.5. The molecule has 0 spiro atoms. The van der Waals surface area contributed by atoms with E-state index in [0.717, 1.165) is 0 Å². The average Bonchev–Trinajstić information content (AvgIpc) is 3.05. The van der Waals surface area contributed by atoms with E-state index in [9.17, 15) is 14.7 Å². The Morgan fingerprint density at radius 1 is 1.10 bits per heavy atom. The van der Waals surface area contributed by atoms with Crippen molar-refractivity contribution < 1.29 is 19.4 Å². The predicted octanol–water partition coefficient (Wildman–Crippen LogP) is 4.16. The molecule has 1 aromatic heterocycles. The monoisotopic (exact) mass is 435 g/mol. The van der Waals surface area contributed by atoms with Gasteiger partial charge in [-0.05, 0) is 55.0 Å². The number of ether oxygens (including phenoxy) is 1. The van der Waals surface area contributed by atoms with Crippen LogP contribution in [0.3, 0.4) is 0 Å². The molecule has 1 saturated heterocycles. The van der Waals surface area contributed by atoms with Gasteiger partial charge in [0.25, 0.3) is 5.78 Å². The van der Waals surface area contributed by atoms with Crippen LogP contribution in [-0.4, -0.2) is 33.4 Å². The summed E-state index contributed by atoms with van der Waals surface area (Å²) in [6.07, 6.45) is 2.95. The highest BCUT2D eigenvalue weighted by Crippen LogP contribution is 2.41. The van der Waals surface area contributed by atoms with Crippen LogP contribution >= 0.6 is 11.6 Å². The molecule has 1 atom stereocenters. The van der Waals surface area contributed by atoms with Crippen LogP contribution in [0.2, 0.25) is 5.02 Å². The molecule has 0 radical (unpaired) electrons. The number of Topliss-reactive ketones (excluding diaryl/α,β-unsaturated/α-hetero) is 1. The van der Waals surface area contributed by atoms with Crippen LogP contribution in [-0.2, 0) is 9.59 Å². The van der Waals surface area contributed by atoms with Gasteiger partial charge in [-0.1, -0.05) is 23.7 Å². The van der Waals surface area contributed by atoms with Gasteiger partial charge in [0.05, 0.1) is 18.2 Å². The third-order valence-electron chi connectivity index (χ3n) is 4.82. The van der Waals surface area contributed by atoms with Crippen LogP contribution < -0.4 is 9.64 Å². The molecule has 1 amide bonds. The molecule has 3 aromatic rings. The number of carbonyl (C=O) groups is 2. The van der Waals surface area contributed by atoms with Gasteiger partial charge in [0, 0.05) is 23.0 Å². The number of aliphatic hydroxyl groups excluding tert-OH is 1. The molecule has 7 nitrogen and oxygen atoms in total. The number of amides is 1. The number of nitrogens with zero attached hydrogens (tertiary/aromatic N) is 3. The second kappa shape index (κ2) is 8.57. The van der Waals surface area contributed by atoms with Crippen molar-refractivity contribution in [2.24, 2.45) is 0 Å². The highest BCUT2D eigenvalue weighted by Gasteiger charge is 2.48. The van der Waals surface area contributed by atoms with E-state index in [-0.39, 0.29) is 17.3 Å². The van der Waals surface area contributed by atoms with Gasteiger partial charge < -0.3 is 9.84 Å². The first-order valence-corrected chi connectivity index (χ1v) is 9.95. The number of anilines is 1. The molecule has 1 aliphatic heterocycles. The molecule has 2 heterocycles. The van der Waals surface area contributed by atoms with Crippen molar-refractivity contribution in [3.63, 3.8) is 0 Å². The first kappa shape index (κ1) is 20.6. The van der Waals surface area contributed by atoms with Crippen LogP contribution in [0, 0.1) is 0 Å². The van der Waals surface area contributed by atoms with Gasteiger partial charge >= 0.3 is 5.91 Å². The zero-order valence-electron chi connectivity index (χ0n) is 16.5. The Morgan fingerprint density at radius 2 is 1.81 bits per heavy atom. The Bertz CT molecular complexity index is 1160. The minimum Gasteiger partial charge on any atom is -0.507 e. The van der Waals surface area contributed by atoms with Crippen molar-refractivity contribution >= 4 is 35.0 Å². The van der Waals surface area contributed by atoms with Crippen molar-refractivity contribution in [2.75, 3.05) is 11.5 Å². The number of carbonyl (C=O) groups excluding carboxylic acids is 2. The zero-order valence-corrected chi connectivity index (χ0v) is 17.3. The molecule has 0 unspecified atom stereocenters. The van der Waals surface area contributed by atoms with Crippen LogP contribution in [0.1, 0.15) is 24.1 Å². The Morgan fingerprint density at radius 3 is 2.45 bits per heavy atom. The number of aromatic nitrogens is 2. The van der Waals surface area contributed by atoms with Crippen LogP contribution in [0.5, 0.6) is 5.75 Å². The maximum Gasteiger partial charge on any atom is 0.302 e. The van der Waals surface area contributed by atoms with Crippen LogP contribution in [0.15, 0.2) is 72.6 Å². The molecule has 4 rings (SSSR count). The van der Waals surface area contributed by atoms with Crippen molar-refractivity contribution in [2.45, 2.75) is 13.0 Å². The lowest BCUT2D eigenvalue weighted by Crippen LogP contribution is -2.31. The SMILES string of the molecule is CCOc1ccc(/C(O)=C2\C(=O)C(=O)N(c3ncccn3)[C@H]2c2cccc(Cl)c2)cc1. The molecular formula is C23H18ClN3O4. The van der Waals surface area contributed by atoms with E-state index in [1.54, 1.807) is 54.6 Å². The number of benzene rings is 2. The minimum absolute atomic E-state index is 0.0559. The normalized spacial score (nSPS) is 17.7. The predicted molar refractivity (Wildman–Crippen MR) is 116 cm³/mol. The summed E-state index contributed by atoms with van der Waals surface area (Å²) in [5, 5.41) is 11.5. The molecule has 2 aromatic carbocycles. The topological polar surface area (TPSA) is 92.6 Å². The number of hydrogen-bond acceptors (Lipinski definition) is 6. The molecule has 1 N–H and O–H groups in total. The summed E-state index contributed by atoms with van der Waals surface area (Å²) in [6, 6.07) is 14.0. The molecule has 0 aliphatic carbocycles. The van der Waals surface area contributed by atoms with Crippen molar-refractivity contribution in [1.29, 1.82) is 0 Å². The fourth-order valence-corrected chi connectivity index (χ4v) is 3.68. The molecule has 156 valence electrons. The van der Waals surface area contributed by atoms with Gasteiger partial charge in [-0.15, -0.1) is 0 Å². The molecule has 1 aliphatic rings. The maximum atomic E-state index is 13.0. The second-order valence-electron chi connectivity index (χ2n) is 6.73. The first-order chi connectivity index (χ1) is 15.0. The molecule has 8 heteroatoms. The quantitative estimate of drug-likeness (QED) is 0.367. The van der Waals surface area contributed by atoms with E-state index in [0.29, 0.717) is 28.5 Å². The number of hydrogen-bond donors (Lipinski definition) is 1. The lowest BCUT2D eigenvalue weighted by Gasteiger charge is -2.23. The number of rotatable bonds is 5. The minimum atomic E-state index is -0.937. The maximum absolute atomic E-state index is 13.0. The summed E-state index contributed by atoms with van der Waals surface area (Å²) in [6.45, 7) is 2.37. The fourth-order valence-electron chi connectivity index (χ4n) is 3.48. The van der Waals surface area contributed by atoms with Crippen LogP contribution in [0.25, 0.3) is 5.76 Å². The molecule has 0 saturated carbocycles. The van der Waals surface area contributed by atoms with Gasteiger partial charge in [-0.2, -0.15) is 0 Å². The summed E-state index contributed by atoms with van der Waals surface area (Å²) in [7, 11) is 0. The van der Waals surface area contributed by atoms with E-state index in [1.165, 1.54) is 17.3 Å². The van der Waals surface area contributed by atoms with E-state index in [2.05, 4.69) is 9.97 Å². The van der Waals surface area contributed by atoms with Gasteiger partial charge in [-0.25, -0.2) is 9.97 Å². The number of aliphatic hydroxyl groups is 1. The fraction of sp³-hybridized carbons (Fsp3) is 0.130. The first-order valence-electron chi connectivity index (χ1n) is 9.58. The van der Waals surface area contributed by atoms with E-state index in [4.69, 9.17) is 16.3 Å². The average molecular weight is 436 g/mol. The molecule has 0 bridgehead atoms. The lowest BCUT2D eigenvalue weighted by molar-refractivity contribution is -0.132. The highest BCUT2D eigenvalue weighted by molar-refractivity contribution is 6.51. The van der Waals surface area contributed by atoms with Gasteiger partial charge in [0.15, 0.2) is 0 Å². The Labute approximate surface area is 183 Å². The smallest absolute Gasteiger partial charge is 0.302 e. The standard InChI is InChI=1S/C23H18ClN3O4/c1-2-31-17-9-7-14(8-10-17)20(28)18-19(15-5-3-6-16(24)13-15)27(22(30)21(18)29)23-25-11-4-12-26-23/h3-13,19,28H,2H2,1H3/b20-18+/t19-/m0/s1. The number of halogens is 1. The summed E-state index contributed by atoms with van der Waals surface area (Å²) in [5.74, 6) is -1.28. The Kier molecular flexibility index (Phi) is 5.68. The zero-order chi connectivity index (χ0) is 22.0. The summed E-state index contributed by atoms with van der Waals surface area (Å²) < 4.78 is 5.42.